The highest BCUT2D eigenvalue weighted by Crippen LogP contribution is 2.15. The summed E-state index contributed by atoms with van der Waals surface area (Å²) >= 11 is 5.84. The molecule has 0 radical (unpaired) electrons. The molecule has 0 bridgehead atoms. The Morgan fingerprint density at radius 3 is 2.50 bits per heavy atom. The van der Waals surface area contributed by atoms with E-state index in [1.807, 2.05) is 20.8 Å². The van der Waals surface area contributed by atoms with Crippen LogP contribution in [0.4, 0.5) is 10.5 Å². The maximum atomic E-state index is 11.9. The number of carbonyl (C=O) groups excluding carboxylic acids is 2. The molecule has 0 spiro atoms. The fraction of sp³-hybridized carbons (Fsp3) is 0.429. The first kappa shape index (κ1) is 16.3. The van der Waals surface area contributed by atoms with Gasteiger partial charge in [-0.3, -0.25) is 4.79 Å². The maximum Gasteiger partial charge on any atom is 0.322 e. The average molecular weight is 298 g/mol. The van der Waals surface area contributed by atoms with Crippen molar-refractivity contribution in [1.82, 2.24) is 10.2 Å². The van der Waals surface area contributed by atoms with Crippen molar-refractivity contribution in [3.63, 3.8) is 0 Å². The summed E-state index contributed by atoms with van der Waals surface area (Å²) in [4.78, 5) is 25.0. The van der Waals surface area contributed by atoms with E-state index >= 15 is 0 Å². The molecule has 2 N–H and O–H groups in total. The zero-order valence-corrected chi connectivity index (χ0v) is 12.9. The lowest BCUT2D eigenvalue weighted by Crippen LogP contribution is -2.47. The molecule has 20 heavy (non-hydrogen) atoms. The first-order chi connectivity index (χ1) is 9.17. The number of benzene rings is 1. The number of nitrogens with one attached hydrogen (secondary N) is 2. The van der Waals surface area contributed by atoms with Crippen LogP contribution >= 0.6 is 11.6 Å². The molecule has 6 heteroatoms. The minimum atomic E-state index is -0.365. The Kier molecular flexibility index (Phi) is 5.39. The topological polar surface area (TPSA) is 61.4 Å². The van der Waals surface area contributed by atoms with E-state index in [1.54, 1.807) is 31.3 Å². The summed E-state index contributed by atoms with van der Waals surface area (Å²) in [6, 6.07) is 6.47. The lowest BCUT2D eigenvalue weighted by atomic mass is 10.1. The number of anilines is 1. The second-order valence-electron chi connectivity index (χ2n) is 5.59. The first-order valence-corrected chi connectivity index (χ1v) is 6.64. The summed E-state index contributed by atoms with van der Waals surface area (Å²) in [6.45, 7) is 5.65. The fourth-order valence-corrected chi connectivity index (χ4v) is 1.72. The Hall–Kier alpha value is -1.75. The van der Waals surface area contributed by atoms with Crippen LogP contribution in [0, 0.1) is 0 Å². The number of hydrogen-bond acceptors (Lipinski definition) is 2. The van der Waals surface area contributed by atoms with Crippen molar-refractivity contribution in [2.24, 2.45) is 0 Å². The van der Waals surface area contributed by atoms with Gasteiger partial charge in [0.25, 0.3) is 0 Å². The zero-order chi connectivity index (χ0) is 15.3. The molecule has 3 amide bonds. The predicted octanol–water partition coefficient (Wildman–Crippen LogP) is 2.72. The van der Waals surface area contributed by atoms with Crippen LogP contribution < -0.4 is 10.6 Å². The molecule has 0 unspecified atom stereocenters. The molecular weight excluding hydrogens is 278 g/mol. The minimum Gasteiger partial charge on any atom is -0.350 e. The summed E-state index contributed by atoms with van der Waals surface area (Å²) in [5, 5.41) is 6.01. The SMILES string of the molecule is CN(CC(=O)NC(C)(C)C)C(=O)Nc1cccc(Cl)c1. The van der Waals surface area contributed by atoms with E-state index < -0.39 is 0 Å². The number of halogens is 1. The van der Waals surface area contributed by atoms with Crippen LogP contribution in [0.2, 0.25) is 5.02 Å². The molecule has 0 atom stereocenters. The van der Waals surface area contributed by atoms with Gasteiger partial charge in [-0.2, -0.15) is 0 Å². The van der Waals surface area contributed by atoms with Gasteiger partial charge in [-0.25, -0.2) is 4.79 Å². The Morgan fingerprint density at radius 1 is 1.30 bits per heavy atom. The number of likely N-dealkylation sites (N-methyl/N-ethyl adjacent to an activating group) is 1. The van der Waals surface area contributed by atoms with Gasteiger partial charge in [-0.1, -0.05) is 17.7 Å². The first-order valence-electron chi connectivity index (χ1n) is 6.26. The molecule has 0 fully saturated rings. The van der Waals surface area contributed by atoms with Gasteiger partial charge in [0.1, 0.15) is 6.54 Å². The summed E-state index contributed by atoms with van der Waals surface area (Å²) in [6.07, 6.45) is 0. The number of amides is 3. The lowest BCUT2D eigenvalue weighted by molar-refractivity contribution is -0.122. The van der Waals surface area contributed by atoms with Crippen LogP contribution in [-0.4, -0.2) is 36.0 Å². The quantitative estimate of drug-likeness (QED) is 0.901. The molecule has 0 heterocycles. The predicted molar refractivity (Wildman–Crippen MR) is 81.0 cm³/mol. The van der Waals surface area contributed by atoms with E-state index in [9.17, 15) is 9.59 Å². The van der Waals surface area contributed by atoms with Gasteiger partial charge >= 0.3 is 6.03 Å². The van der Waals surface area contributed by atoms with Crippen molar-refractivity contribution in [2.75, 3.05) is 18.9 Å². The standard InChI is InChI=1S/C14H20ClN3O2/c1-14(2,3)17-12(19)9-18(4)13(20)16-11-7-5-6-10(15)8-11/h5-8H,9H2,1-4H3,(H,16,20)(H,17,19). The zero-order valence-electron chi connectivity index (χ0n) is 12.2. The largest absolute Gasteiger partial charge is 0.350 e. The van der Waals surface area contributed by atoms with Crippen molar-refractivity contribution < 1.29 is 9.59 Å². The second-order valence-corrected chi connectivity index (χ2v) is 6.03. The molecule has 0 aliphatic rings. The smallest absolute Gasteiger partial charge is 0.322 e. The van der Waals surface area contributed by atoms with Crippen LogP contribution in [0.15, 0.2) is 24.3 Å². The van der Waals surface area contributed by atoms with E-state index in [0.717, 1.165) is 0 Å². The number of urea groups is 1. The summed E-state index contributed by atoms with van der Waals surface area (Å²) in [5.74, 6) is -0.207. The van der Waals surface area contributed by atoms with Crippen molar-refractivity contribution in [2.45, 2.75) is 26.3 Å². The molecule has 0 aliphatic heterocycles. The molecule has 110 valence electrons. The van der Waals surface area contributed by atoms with Gasteiger partial charge in [-0.05, 0) is 39.0 Å². The van der Waals surface area contributed by atoms with Crippen LogP contribution in [0.1, 0.15) is 20.8 Å². The highest BCUT2D eigenvalue weighted by molar-refractivity contribution is 6.30. The molecule has 0 aliphatic carbocycles. The number of carbonyl (C=O) groups is 2. The van der Waals surface area contributed by atoms with Gasteiger partial charge in [0.15, 0.2) is 0 Å². The molecule has 0 aromatic heterocycles. The third kappa shape index (κ3) is 5.93. The van der Waals surface area contributed by atoms with E-state index in [4.69, 9.17) is 11.6 Å². The van der Waals surface area contributed by atoms with Gasteiger partial charge in [0.2, 0.25) is 5.91 Å². The van der Waals surface area contributed by atoms with Gasteiger partial charge in [0, 0.05) is 23.3 Å². The van der Waals surface area contributed by atoms with E-state index in [2.05, 4.69) is 10.6 Å². The van der Waals surface area contributed by atoms with Crippen molar-refractivity contribution >= 4 is 29.2 Å². The van der Waals surface area contributed by atoms with E-state index in [1.165, 1.54) is 4.90 Å². The maximum absolute atomic E-state index is 11.9. The number of nitrogens with zero attached hydrogens (tertiary/aromatic N) is 1. The molecule has 1 rings (SSSR count). The highest BCUT2D eigenvalue weighted by Gasteiger charge is 2.17. The van der Waals surface area contributed by atoms with Crippen LogP contribution in [0.25, 0.3) is 0 Å². The monoisotopic (exact) mass is 297 g/mol. The third-order valence-corrected chi connectivity index (χ3v) is 2.55. The highest BCUT2D eigenvalue weighted by atomic mass is 35.5. The Morgan fingerprint density at radius 2 is 1.95 bits per heavy atom. The van der Waals surface area contributed by atoms with Crippen molar-refractivity contribution in [3.05, 3.63) is 29.3 Å². The Bertz CT molecular complexity index is 497. The van der Waals surface area contributed by atoms with E-state index in [0.29, 0.717) is 10.7 Å². The van der Waals surface area contributed by atoms with Crippen molar-refractivity contribution in [1.29, 1.82) is 0 Å². The van der Waals surface area contributed by atoms with Crippen molar-refractivity contribution in [3.8, 4) is 0 Å². The summed E-state index contributed by atoms with van der Waals surface area (Å²) < 4.78 is 0. The third-order valence-electron chi connectivity index (χ3n) is 2.32. The second kappa shape index (κ2) is 6.61. The summed E-state index contributed by atoms with van der Waals surface area (Å²) in [7, 11) is 1.56. The number of hydrogen-bond donors (Lipinski definition) is 2. The lowest BCUT2D eigenvalue weighted by Gasteiger charge is -2.23. The van der Waals surface area contributed by atoms with Crippen LogP contribution in [-0.2, 0) is 4.79 Å². The fourth-order valence-electron chi connectivity index (χ4n) is 1.53. The minimum absolute atomic E-state index is 0.0102. The molecule has 1 aromatic rings. The normalized spacial score (nSPS) is 10.8. The van der Waals surface area contributed by atoms with Gasteiger partial charge < -0.3 is 15.5 Å². The van der Waals surface area contributed by atoms with Crippen LogP contribution in [0.3, 0.4) is 0 Å². The Labute approximate surface area is 124 Å². The van der Waals surface area contributed by atoms with E-state index in [-0.39, 0.29) is 24.0 Å². The molecule has 0 saturated carbocycles. The number of rotatable bonds is 3. The van der Waals surface area contributed by atoms with Gasteiger partial charge in [-0.15, -0.1) is 0 Å². The molecular formula is C14H20ClN3O2. The molecule has 1 aromatic carbocycles. The average Bonchev–Trinajstić information content (AvgIpc) is 2.25. The molecule has 0 saturated heterocycles. The Balaban J connectivity index is 2.53. The molecule has 5 nitrogen and oxygen atoms in total. The van der Waals surface area contributed by atoms with Crippen LogP contribution in [0.5, 0.6) is 0 Å². The summed E-state index contributed by atoms with van der Waals surface area (Å²) in [5.41, 5.74) is 0.270. The van der Waals surface area contributed by atoms with Gasteiger partial charge in [0.05, 0.1) is 0 Å².